The lowest BCUT2D eigenvalue weighted by Crippen LogP contribution is -2.34. The van der Waals surface area contributed by atoms with E-state index >= 15 is 0 Å². The van der Waals surface area contributed by atoms with Crippen molar-refractivity contribution < 1.29 is 4.52 Å². The van der Waals surface area contributed by atoms with Crippen LogP contribution in [-0.2, 0) is 11.8 Å². The number of rotatable bonds is 6. The highest BCUT2D eigenvalue weighted by molar-refractivity contribution is 5.85. The minimum atomic E-state index is 0. The Hall–Kier alpha value is -0.610. The Morgan fingerprint density at radius 2 is 2.17 bits per heavy atom. The summed E-state index contributed by atoms with van der Waals surface area (Å²) in [5.41, 5.74) is 0.211. The average molecular weight is 274 g/mol. The summed E-state index contributed by atoms with van der Waals surface area (Å²) in [6, 6.07) is 0.393. The zero-order valence-electron chi connectivity index (χ0n) is 11.5. The summed E-state index contributed by atoms with van der Waals surface area (Å²) in [5, 5.41) is 7.30. The van der Waals surface area contributed by atoms with E-state index in [0.717, 1.165) is 18.1 Å². The highest BCUT2D eigenvalue weighted by Gasteiger charge is 2.42. The summed E-state index contributed by atoms with van der Waals surface area (Å²) < 4.78 is 5.48. The Balaban J connectivity index is 0.00000162. The lowest BCUT2D eigenvalue weighted by Gasteiger charge is -2.38. The predicted molar refractivity (Wildman–Crippen MR) is 74.2 cm³/mol. The lowest BCUT2D eigenvalue weighted by atomic mass is 9.66. The normalized spacial score (nSPS) is 18.8. The summed E-state index contributed by atoms with van der Waals surface area (Å²) in [6.07, 6.45) is 6.92. The van der Waals surface area contributed by atoms with Crippen LogP contribution in [-0.4, -0.2) is 23.2 Å². The third kappa shape index (κ3) is 3.04. The van der Waals surface area contributed by atoms with Gasteiger partial charge in [0, 0.05) is 17.9 Å². The van der Waals surface area contributed by atoms with Gasteiger partial charge in [-0.2, -0.15) is 4.98 Å². The van der Waals surface area contributed by atoms with Crippen LogP contribution >= 0.6 is 12.4 Å². The monoisotopic (exact) mass is 273 g/mol. The van der Waals surface area contributed by atoms with Crippen molar-refractivity contribution in [3.8, 4) is 0 Å². The number of hydrogen-bond donors (Lipinski definition) is 1. The minimum absolute atomic E-state index is 0. The molecule has 2 rings (SSSR count). The molecule has 0 spiro atoms. The van der Waals surface area contributed by atoms with E-state index in [1.807, 2.05) is 7.05 Å². The smallest absolute Gasteiger partial charge is 0.232 e. The maximum atomic E-state index is 5.48. The van der Waals surface area contributed by atoms with E-state index < -0.39 is 0 Å². The van der Waals surface area contributed by atoms with Crippen LogP contribution in [0.3, 0.4) is 0 Å². The molecule has 0 bridgehead atoms. The van der Waals surface area contributed by atoms with Crippen LogP contribution < -0.4 is 5.32 Å². The van der Waals surface area contributed by atoms with Gasteiger partial charge in [0.2, 0.25) is 5.89 Å². The van der Waals surface area contributed by atoms with Gasteiger partial charge in [-0.15, -0.1) is 12.4 Å². The number of hydrogen-bond acceptors (Lipinski definition) is 4. The number of halogens is 1. The molecule has 0 aliphatic heterocycles. The summed E-state index contributed by atoms with van der Waals surface area (Å²) in [4.78, 5) is 4.59. The molecule has 4 nitrogen and oxygen atoms in total. The van der Waals surface area contributed by atoms with Gasteiger partial charge in [-0.3, -0.25) is 0 Å². The Kier molecular flexibility index (Phi) is 5.60. The molecule has 1 aliphatic rings. The second-order valence-corrected chi connectivity index (χ2v) is 5.29. The van der Waals surface area contributed by atoms with E-state index in [2.05, 4.69) is 29.3 Å². The molecule has 1 heterocycles. The zero-order valence-corrected chi connectivity index (χ0v) is 12.3. The number of nitrogens with zero attached hydrogens (tertiary/aromatic N) is 2. The Labute approximate surface area is 115 Å². The molecule has 104 valence electrons. The first-order chi connectivity index (χ1) is 8.20. The zero-order chi connectivity index (χ0) is 12.3. The van der Waals surface area contributed by atoms with E-state index in [-0.39, 0.29) is 17.8 Å². The van der Waals surface area contributed by atoms with E-state index in [1.54, 1.807) is 0 Å². The van der Waals surface area contributed by atoms with Crippen molar-refractivity contribution in [3.63, 3.8) is 0 Å². The summed E-state index contributed by atoms with van der Waals surface area (Å²) in [5.74, 6) is 1.72. The van der Waals surface area contributed by atoms with Crippen LogP contribution in [0.5, 0.6) is 0 Å². The fourth-order valence-electron chi connectivity index (χ4n) is 2.58. The number of aromatic nitrogens is 2. The molecule has 1 unspecified atom stereocenters. The molecular formula is C13H24ClN3O. The minimum Gasteiger partial charge on any atom is -0.339 e. The third-order valence-corrected chi connectivity index (χ3v) is 3.94. The van der Waals surface area contributed by atoms with Gasteiger partial charge >= 0.3 is 0 Å². The van der Waals surface area contributed by atoms with Crippen molar-refractivity contribution >= 4 is 12.4 Å². The topological polar surface area (TPSA) is 51.0 Å². The van der Waals surface area contributed by atoms with E-state index in [4.69, 9.17) is 4.52 Å². The highest BCUT2D eigenvalue weighted by Crippen LogP contribution is 2.46. The van der Waals surface area contributed by atoms with E-state index in [9.17, 15) is 0 Å². The van der Waals surface area contributed by atoms with Crippen LogP contribution in [0.2, 0.25) is 0 Å². The maximum Gasteiger partial charge on any atom is 0.232 e. The molecule has 1 atom stereocenters. The molecule has 0 amide bonds. The van der Waals surface area contributed by atoms with Gasteiger partial charge in [0.1, 0.15) is 0 Å². The highest BCUT2D eigenvalue weighted by atomic mass is 35.5. The predicted octanol–water partition coefficient (Wildman–Crippen LogP) is 2.86. The lowest BCUT2D eigenvalue weighted by molar-refractivity contribution is 0.160. The molecule has 18 heavy (non-hydrogen) atoms. The fraction of sp³-hybridized carbons (Fsp3) is 0.846. The van der Waals surface area contributed by atoms with E-state index in [1.165, 1.54) is 32.1 Å². The largest absolute Gasteiger partial charge is 0.339 e. The van der Waals surface area contributed by atoms with Gasteiger partial charge < -0.3 is 9.84 Å². The first-order valence-corrected chi connectivity index (χ1v) is 6.70. The fourth-order valence-corrected chi connectivity index (χ4v) is 2.58. The summed E-state index contributed by atoms with van der Waals surface area (Å²) >= 11 is 0. The number of likely N-dealkylation sites (N-methyl/N-ethyl adjacent to an activating group) is 1. The van der Waals surface area contributed by atoms with Crippen molar-refractivity contribution in [2.45, 2.75) is 63.8 Å². The van der Waals surface area contributed by atoms with Crippen molar-refractivity contribution in [3.05, 3.63) is 11.7 Å². The molecule has 1 aliphatic carbocycles. The third-order valence-electron chi connectivity index (χ3n) is 3.94. The molecule has 0 aromatic carbocycles. The quantitative estimate of drug-likeness (QED) is 0.866. The molecule has 5 heteroatoms. The van der Waals surface area contributed by atoms with Crippen LogP contribution in [0.1, 0.15) is 57.7 Å². The molecule has 1 N–H and O–H groups in total. The maximum absolute atomic E-state index is 5.48. The molecule has 1 saturated carbocycles. The van der Waals surface area contributed by atoms with Gasteiger partial charge in [-0.05, 0) is 33.2 Å². The second kappa shape index (κ2) is 6.53. The van der Waals surface area contributed by atoms with Crippen molar-refractivity contribution in [1.82, 2.24) is 15.5 Å². The van der Waals surface area contributed by atoms with E-state index in [0.29, 0.717) is 6.04 Å². The standard InChI is InChI=1S/C13H23N3O.ClH/c1-4-6-13(7-5-8-13)12-15-11(16-17-12)9-10(2)14-3;/h10,14H,4-9H2,1-3H3;1H. The van der Waals surface area contributed by atoms with Gasteiger partial charge in [0.15, 0.2) is 5.82 Å². The molecule has 0 saturated heterocycles. The van der Waals surface area contributed by atoms with Gasteiger partial charge in [-0.25, -0.2) is 0 Å². The van der Waals surface area contributed by atoms with Crippen LogP contribution in [0, 0.1) is 0 Å². The summed E-state index contributed by atoms with van der Waals surface area (Å²) in [7, 11) is 1.95. The van der Waals surface area contributed by atoms with Crippen molar-refractivity contribution in [1.29, 1.82) is 0 Å². The van der Waals surface area contributed by atoms with Gasteiger partial charge in [0.05, 0.1) is 0 Å². The Morgan fingerprint density at radius 1 is 1.44 bits per heavy atom. The first kappa shape index (κ1) is 15.4. The van der Waals surface area contributed by atoms with Crippen LogP contribution in [0.15, 0.2) is 4.52 Å². The Bertz CT molecular complexity index is 363. The molecule has 1 aromatic rings. The van der Waals surface area contributed by atoms with Gasteiger partial charge in [0.25, 0.3) is 0 Å². The molecular weight excluding hydrogens is 250 g/mol. The molecule has 0 radical (unpaired) electrons. The average Bonchev–Trinajstić information content (AvgIpc) is 2.72. The van der Waals surface area contributed by atoms with Crippen molar-refractivity contribution in [2.75, 3.05) is 7.05 Å². The molecule has 1 fully saturated rings. The Morgan fingerprint density at radius 3 is 2.67 bits per heavy atom. The van der Waals surface area contributed by atoms with Crippen LogP contribution in [0.25, 0.3) is 0 Å². The second-order valence-electron chi connectivity index (χ2n) is 5.29. The SMILES string of the molecule is CCCC1(c2nc(CC(C)NC)no2)CCC1.Cl. The number of nitrogens with one attached hydrogen (secondary N) is 1. The van der Waals surface area contributed by atoms with Gasteiger partial charge in [-0.1, -0.05) is 24.9 Å². The van der Waals surface area contributed by atoms with Crippen molar-refractivity contribution in [2.24, 2.45) is 0 Å². The van der Waals surface area contributed by atoms with Crippen LogP contribution in [0.4, 0.5) is 0 Å². The summed E-state index contributed by atoms with van der Waals surface area (Å²) in [6.45, 7) is 4.35. The first-order valence-electron chi connectivity index (χ1n) is 6.70. The molecule has 1 aromatic heterocycles.